The van der Waals surface area contributed by atoms with E-state index >= 15 is 0 Å². The van der Waals surface area contributed by atoms with Crippen LogP contribution in [0.5, 0.6) is 0 Å². The van der Waals surface area contributed by atoms with Gasteiger partial charge in [0.05, 0.1) is 0 Å². The predicted octanol–water partition coefficient (Wildman–Crippen LogP) is 11.5. The topological polar surface area (TPSA) is 24.1 Å². The van der Waals surface area contributed by atoms with Crippen molar-refractivity contribution in [2.45, 2.75) is 168 Å². The Morgan fingerprint density at radius 1 is 0.389 bits per heavy atom. The summed E-state index contributed by atoms with van der Waals surface area (Å²) in [7, 11) is 3.18. The lowest BCUT2D eigenvalue weighted by Gasteiger charge is -2.09. The summed E-state index contributed by atoms with van der Waals surface area (Å²) >= 11 is 10.9. The van der Waals surface area contributed by atoms with Gasteiger partial charge in [0.2, 0.25) is 0 Å². The van der Waals surface area contributed by atoms with Gasteiger partial charge in [0.15, 0.2) is 0 Å². The second-order valence-corrected chi connectivity index (χ2v) is 13.9. The normalized spacial score (nSPS) is 11.1. The van der Waals surface area contributed by atoms with Gasteiger partial charge in [-0.25, -0.2) is 0 Å². The summed E-state index contributed by atoms with van der Waals surface area (Å²) < 4.78 is 1.72. The van der Waals surface area contributed by atoms with Gasteiger partial charge in [0.1, 0.15) is 8.64 Å². The molecule has 0 radical (unpaired) electrons. The summed E-state index contributed by atoms with van der Waals surface area (Å²) in [6.45, 7) is 6.55. The number of hydrogen-bond acceptors (Lipinski definition) is 4. The fourth-order valence-electron chi connectivity index (χ4n) is 4.45. The molecule has 2 nitrogen and oxygen atoms in total. The lowest BCUT2D eigenvalue weighted by Crippen LogP contribution is -2.21. The minimum absolute atomic E-state index is 0.859. The minimum Gasteiger partial charge on any atom is -0.370 e. The lowest BCUT2D eigenvalue weighted by atomic mass is 10.1. The Balaban J connectivity index is 3.28. The van der Waals surface area contributed by atoms with Gasteiger partial charge in [-0.1, -0.05) is 180 Å². The average Bonchev–Trinajstić information content (AvgIpc) is 2.88. The van der Waals surface area contributed by atoms with E-state index in [1.807, 2.05) is 0 Å². The molecule has 214 valence electrons. The summed E-state index contributed by atoms with van der Waals surface area (Å²) in [5.74, 6) is 0. The molecule has 0 fully saturated rings. The molecular weight excluding hydrogens is 517 g/mol. The highest BCUT2D eigenvalue weighted by Crippen LogP contribution is 2.23. The zero-order valence-corrected chi connectivity index (χ0v) is 27.3. The van der Waals surface area contributed by atoms with E-state index < -0.39 is 0 Å². The van der Waals surface area contributed by atoms with Crippen LogP contribution in [0.1, 0.15) is 168 Å². The van der Waals surface area contributed by atoms with Gasteiger partial charge in [-0.15, -0.1) is 0 Å². The van der Waals surface area contributed by atoms with Crippen molar-refractivity contribution >= 4 is 54.7 Å². The van der Waals surface area contributed by atoms with Gasteiger partial charge < -0.3 is 10.6 Å². The maximum absolute atomic E-state index is 5.44. The summed E-state index contributed by atoms with van der Waals surface area (Å²) in [5.41, 5.74) is 0. The number of thiocarbonyl (C=S) groups is 2. The first-order chi connectivity index (χ1) is 17.7. The Labute approximate surface area is 245 Å². The first-order valence-electron chi connectivity index (χ1n) is 15.6. The monoisotopic (exact) mass is 576 g/mol. The van der Waals surface area contributed by atoms with Crippen molar-refractivity contribution < 1.29 is 0 Å². The Bertz CT molecular complexity index is 432. The Hall–Kier alpha value is 0.480. The predicted molar refractivity (Wildman–Crippen MR) is 179 cm³/mol. The van der Waals surface area contributed by atoms with Crippen molar-refractivity contribution in [2.75, 3.05) is 13.1 Å². The third kappa shape index (κ3) is 30.7. The fourth-order valence-corrected chi connectivity index (χ4v) is 6.55. The van der Waals surface area contributed by atoms with Gasteiger partial charge >= 0.3 is 0 Å². The van der Waals surface area contributed by atoms with Crippen LogP contribution in [-0.4, -0.2) is 21.7 Å². The van der Waals surface area contributed by atoms with Gasteiger partial charge in [-0.3, -0.25) is 0 Å². The highest BCUT2D eigenvalue weighted by molar-refractivity contribution is 8.89. The van der Waals surface area contributed by atoms with E-state index in [9.17, 15) is 0 Å². The van der Waals surface area contributed by atoms with Crippen molar-refractivity contribution in [3.63, 3.8) is 0 Å². The van der Waals surface area contributed by atoms with Crippen LogP contribution in [0.2, 0.25) is 0 Å². The first-order valence-corrected chi connectivity index (χ1v) is 18.6. The zero-order valence-electron chi connectivity index (χ0n) is 24.0. The Kier molecular flexibility index (Phi) is 32.1. The van der Waals surface area contributed by atoms with Crippen molar-refractivity contribution in [1.82, 2.24) is 10.6 Å². The summed E-state index contributed by atoms with van der Waals surface area (Å²) in [6, 6.07) is 0. The lowest BCUT2D eigenvalue weighted by molar-refractivity contribution is 0.543. The van der Waals surface area contributed by atoms with Crippen LogP contribution in [0, 0.1) is 0 Å². The molecular formula is C30H60N2S4. The number of nitrogens with one attached hydrogen (secondary N) is 2. The second kappa shape index (κ2) is 31.7. The van der Waals surface area contributed by atoms with E-state index in [2.05, 4.69) is 24.5 Å². The smallest absolute Gasteiger partial charge is 0.144 e. The fraction of sp³-hybridized carbons (Fsp3) is 0.933. The van der Waals surface area contributed by atoms with Crippen molar-refractivity contribution in [3.05, 3.63) is 0 Å². The first kappa shape index (κ1) is 36.5. The Morgan fingerprint density at radius 3 is 0.861 bits per heavy atom. The number of rotatable bonds is 26. The number of hydrogen-bond donors (Lipinski definition) is 2. The van der Waals surface area contributed by atoms with Gasteiger partial charge in [-0.05, 0) is 34.4 Å². The highest BCUT2D eigenvalue weighted by atomic mass is 33.1. The quantitative estimate of drug-likeness (QED) is 0.0603. The van der Waals surface area contributed by atoms with E-state index in [0.717, 1.165) is 21.7 Å². The molecule has 0 aromatic carbocycles. The molecule has 0 rings (SSSR count). The van der Waals surface area contributed by atoms with E-state index in [4.69, 9.17) is 24.4 Å². The molecule has 0 aromatic heterocycles. The molecule has 0 spiro atoms. The van der Waals surface area contributed by atoms with Crippen LogP contribution < -0.4 is 10.6 Å². The molecule has 36 heavy (non-hydrogen) atoms. The van der Waals surface area contributed by atoms with Gasteiger partial charge in [-0.2, -0.15) is 0 Å². The molecule has 0 heterocycles. The summed E-state index contributed by atoms with van der Waals surface area (Å²) in [5, 5.41) is 6.75. The van der Waals surface area contributed by atoms with Gasteiger partial charge in [0, 0.05) is 13.1 Å². The van der Waals surface area contributed by atoms with Gasteiger partial charge in [0.25, 0.3) is 0 Å². The molecule has 0 unspecified atom stereocenters. The third-order valence-corrected chi connectivity index (χ3v) is 10.1. The number of unbranched alkanes of at least 4 members (excludes halogenated alkanes) is 22. The standard InChI is InChI=1S/C30H60N2S4/c1-3-5-7-9-11-13-15-17-19-21-23-25-27-31-29(33)35-36-30(34)32-28-26-24-22-20-18-16-14-12-10-8-6-4-2/h3-28H2,1-2H3,(H,31,33)(H,32,34). The molecule has 2 N–H and O–H groups in total. The van der Waals surface area contributed by atoms with Crippen LogP contribution in [0.15, 0.2) is 0 Å². The molecule has 0 aliphatic rings. The van der Waals surface area contributed by atoms with Crippen LogP contribution in [0.4, 0.5) is 0 Å². The summed E-state index contributed by atoms with van der Waals surface area (Å²) in [6.07, 6.45) is 33.2. The van der Waals surface area contributed by atoms with Crippen LogP contribution in [0.3, 0.4) is 0 Å². The van der Waals surface area contributed by atoms with Crippen LogP contribution in [-0.2, 0) is 0 Å². The molecule has 0 aliphatic carbocycles. The van der Waals surface area contributed by atoms with Crippen LogP contribution in [0.25, 0.3) is 0 Å². The highest BCUT2D eigenvalue weighted by Gasteiger charge is 2.02. The maximum Gasteiger partial charge on any atom is 0.144 e. The molecule has 0 aromatic rings. The van der Waals surface area contributed by atoms with E-state index in [-0.39, 0.29) is 0 Å². The van der Waals surface area contributed by atoms with E-state index in [1.165, 1.54) is 154 Å². The van der Waals surface area contributed by atoms with Crippen molar-refractivity contribution in [1.29, 1.82) is 0 Å². The SMILES string of the molecule is CCCCCCCCCCCCCCNC(=S)SSC(=S)NCCCCCCCCCCCCCC. The summed E-state index contributed by atoms with van der Waals surface area (Å²) in [4.78, 5) is 0. The molecule has 6 heteroatoms. The molecule has 0 saturated heterocycles. The molecule has 0 saturated carbocycles. The van der Waals surface area contributed by atoms with E-state index in [0.29, 0.717) is 0 Å². The van der Waals surface area contributed by atoms with Crippen LogP contribution >= 0.6 is 46.0 Å². The van der Waals surface area contributed by atoms with E-state index in [1.54, 1.807) is 21.6 Å². The third-order valence-electron chi connectivity index (χ3n) is 6.79. The zero-order chi connectivity index (χ0) is 26.4. The van der Waals surface area contributed by atoms with Crippen molar-refractivity contribution in [2.24, 2.45) is 0 Å². The average molecular weight is 577 g/mol. The molecule has 0 bridgehead atoms. The maximum atomic E-state index is 5.44. The molecule has 0 atom stereocenters. The molecule has 0 amide bonds. The largest absolute Gasteiger partial charge is 0.370 e. The minimum atomic E-state index is 0.859. The Morgan fingerprint density at radius 2 is 0.611 bits per heavy atom. The second-order valence-electron chi connectivity index (χ2n) is 10.4. The van der Waals surface area contributed by atoms with Crippen molar-refractivity contribution in [3.8, 4) is 0 Å². The molecule has 0 aliphatic heterocycles.